The Bertz CT molecular complexity index is 875. The second kappa shape index (κ2) is 9.40. The Morgan fingerprint density at radius 3 is 2.21 bits per heavy atom. The second-order valence-corrected chi connectivity index (χ2v) is 8.10. The van der Waals surface area contributed by atoms with Crippen LogP contribution in [-0.2, 0) is 11.2 Å². The molecule has 0 N–H and O–H groups in total. The highest BCUT2D eigenvalue weighted by Crippen LogP contribution is 2.20. The van der Waals surface area contributed by atoms with Crippen molar-refractivity contribution in [1.82, 2.24) is 9.80 Å². The van der Waals surface area contributed by atoms with Crippen molar-refractivity contribution in [1.29, 1.82) is 0 Å². The van der Waals surface area contributed by atoms with Crippen molar-refractivity contribution < 1.29 is 14.0 Å². The largest absolute Gasteiger partial charge is 0.339 e. The zero-order valence-corrected chi connectivity index (χ0v) is 17.6. The predicted octanol–water partition coefficient (Wildman–Crippen LogP) is 4.52. The Hall–Kier alpha value is -2.40. The van der Waals surface area contributed by atoms with Crippen molar-refractivity contribution in [3.05, 3.63) is 70.0 Å². The first-order chi connectivity index (χ1) is 13.8. The maximum atomic E-state index is 13.2. The summed E-state index contributed by atoms with van der Waals surface area (Å²) in [5.41, 5.74) is 2.74. The van der Waals surface area contributed by atoms with Crippen molar-refractivity contribution in [3.63, 3.8) is 0 Å². The minimum Gasteiger partial charge on any atom is -0.339 e. The fourth-order valence-corrected chi connectivity index (χ4v) is 3.72. The summed E-state index contributed by atoms with van der Waals surface area (Å²) in [6, 6.07) is 12.2. The second-order valence-electron chi connectivity index (χ2n) is 7.69. The molecule has 0 spiro atoms. The van der Waals surface area contributed by atoms with Gasteiger partial charge in [-0.1, -0.05) is 49.7 Å². The average Bonchev–Trinajstić information content (AvgIpc) is 2.72. The molecule has 0 saturated carbocycles. The molecule has 0 radical (unpaired) electrons. The molecule has 1 saturated heterocycles. The monoisotopic (exact) mass is 416 g/mol. The van der Waals surface area contributed by atoms with E-state index < -0.39 is 5.82 Å². The number of halogens is 2. The fourth-order valence-electron chi connectivity index (χ4n) is 3.47. The van der Waals surface area contributed by atoms with E-state index in [1.807, 2.05) is 0 Å². The number of hydrogen-bond donors (Lipinski definition) is 0. The number of aryl methyl sites for hydroxylation is 1. The molecule has 1 aliphatic heterocycles. The van der Waals surface area contributed by atoms with Gasteiger partial charge in [-0.3, -0.25) is 9.59 Å². The quantitative estimate of drug-likeness (QED) is 0.719. The van der Waals surface area contributed by atoms with E-state index in [4.69, 9.17) is 11.6 Å². The van der Waals surface area contributed by atoms with E-state index in [1.165, 1.54) is 17.7 Å². The van der Waals surface area contributed by atoms with Gasteiger partial charge >= 0.3 is 0 Å². The van der Waals surface area contributed by atoms with Gasteiger partial charge in [0.05, 0.1) is 10.6 Å². The molecule has 154 valence electrons. The van der Waals surface area contributed by atoms with Crippen LogP contribution in [0.15, 0.2) is 42.5 Å². The summed E-state index contributed by atoms with van der Waals surface area (Å²) in [6.45, 7) is 6.20. The van der Waals surface area contributed by atoms with Crippen molar-refractivity contribution in [3.8, 4) is 0 Å². The number of benzene rings is 2. The number of amides is 2. The van der Waals surface area contributed by atoms with Gasteiger partial charge in [0.25, 0.3) is 5.91 Å². The SMILES string of the molecule is CC(C)c1ccc(CCC(=O)N2CCN(C(=O)c3ccc(F)cc3Cl)CC2)cc1. The van der Waals surface area contributed by atoms with Crippen LogP contribution in [0.4, 0.5) is 4.39 Å². The van der Waals surface area contributed by atoms with Gasteiger partial charge in [-0.2, -0.15) is 0 Å². The molecule has 1 fully saturated rings. The molecule has 0 atom stereocenters. The highest BCUT2D eigenvalue weighted by atomic mass is 35.5. The molecule has 6 heteroatoms. The normalized spacial score (nSPS) is 14.4. The summed E-state index contributed by atoms with van der Waals surface area (Å²) in [7, 11) is 0. The minimum atomic E-state index is -0.471. The van der Waals surface area contributed by atoms with Gasteiger partial charge in [-0.15, -0.1) is 0 Å². The molecular weight excluding hydrogens is 391 g/mol. The van der Waals surface area contributed by atoms with Gasteiger partial charge in [0.2, 0.25) is 5.91 Å². The van der Waals surface area contributed by atoms with Crippen LogP contribution < -0.4 is 0 Å². The van der Waals surface area contributed by atoms with E-state index in [9.17, 15) is 14.0 Å². The highest BCUT2D eigenvalue weighted by Gasteiger charge is 2.25. The topological polar surface area (TPSA) is 40.6 Å². The zero-order valence-electron chi connectivity index (χ0n) is 16.8. The van der Waals surface area contributed by atoms with Crippen molar-refractivity contribution >= 4 is 23.4 Å². The molecular formula is C23H26ClFN2O2. The van der Waals surface area contributed by atoms with E-state index in [0.717, 1.165) is 11.6 Å². The molecule has 2 aromatic carbocycles. The van der Waals surface area contributed by atoms with Crippen LogP contribution in [0.1, 0.15) is 47.7 Å². The summed E-state index contributed by atoms with van der Waals surface area (Å²) in [5.74, 6) is -0.104. The third-order valence-corrected chi connectivity index (χ3v) is 5.67. The number of piperazine rings is 1. The molecule has 0 unspecified atom stereocenters. The van der Waals surface area contributed by atoms with E-state index in [1.54, 1.807) is 9.80 Å². The molecule has 4 nitrogen and oxygen atoms in total. The zero-order chi connectivity index (χ0) is 21.0. The van der Waals surface area contributed by atoms with E-state index in [0.29, 0.717) is 44.9 Å². The maximum absolute atomic E-state index is 13.2. The first-order valence-corrected chi connectivity index (χ1v) is 10.3. The third-order valence-electron chi connectivity index (χ3n) is 5.36. The Labute approximate surface area is 176 Å². The first-order valence-electron chi connectivity index (χ1n) is 9.96. The van der Waals surface area contributed by atoms with Gasteiger partial charge < -0.3 is 9.80 Å². The molecule has 0 aromatic heterocycles. The number of carbonyl (C=O) groups is 2. The standard InChI is InChI=1S/C23H26ClFN2O2/c1-16(2)18-6-3-17(4-7-18)5-10-22(28)26-11-13-27(14-12-26)23(29)20-9-8-19(25)15-21(20)24/h3-4,6-9,15-16H,5,10-14H2,1-2H3. The minimum absolute atomic E-state index is 0.102. The number of rotatable bonds is 5. The Morgan fingerprint density at radius 2 is 1.62 bits per heavy atom. The van der Waals surface area contributed by atoms with Crippen molar-refractivity contribution in [2.24, 2.45) is 0 Å². The van der Waals surface area contributed by atoms with E-state index >= 15 is 0 Å². The van der Waals surface area contributed by atoms with Crippen LogP contribution in [0.5, 0.6) is 0 Å². The van der Waals surface area contributed by atoms with Gasteiger partial charge in [0, 0.05) is 32.6 Å². The van der Waals surface area contributed by atoms with Gasteiger partial charge in [-0.05, 0) is 41.7 Å². The molecule has 29 heavy (non-hydrogen) atoms. The molecule has 2 amide bonds. The number of carbonyl (C=O) groups excluding carboxylic acids is 2. The van der Waals surface area contributed by atoms with E-state index in [2.05, 4.69) is 38.1 Å². The lowest BCUT2D eigenvalue weighted by Crippen LogP contribution is -2.50. The van der Waals surface area contributed by atoms with Crippen LogP contribution in [0.25, 0.3) is 0 Å². The molecule has 1 aliphatic rings. The van der Waals surface area contributed by atoms with Gasteiger partial charge in [-0.25, -0.2) is 4.39 Å². The highest BCUT2D eigenvalue weighted by molar-refractivity contribution is 6.33. The summed E-state index contributed by atoms with van der Waals surface area (Å²) < 4.78 is 13.2. The lowest BCUT2D eigenvalue weighted by Gasteiger charge is -2.35. The average molecular weight is 417 g/mol. The summed E-state index contributed by atoms with van der Waals surface area (Å²) in [5, 5.41) is 0.108. The van der Waals surface area contributed by atoms with Gasteiger partial charge in [0.1, 0.15) is 5.82 Å². The maximum Gasteiger partial charge on any atom is 0.255 e. The lowest BCUT2D eigenvalue weighted by molar-refractivity contribution is -0.132. The summed E-state index contributed by atoms with van der Waals surface area (Å²) in [4.78, 5) is 28.6. The van der Waals surface area contributed by atoms with E-state index in [-0.39, 0.29) is 22.4 Å². The van der Waals surface area contributed by atoms with Crippen molar-refractivity contribution in [2.75, 3.05) is 26.2 Å². The van der Waals surface area contributed by atoms with Crippen LogP contribution >= 0.6 is 11.6 Å². The fraction of sp³-hybridized carbons (Fsp3) is 0.391. The summed E-state index contributed by atoms with van der Waals surface area (Å²) >= 11 is 6.00. The molecule has 0 bridgehead atoms. The third kappa shape index (κ3) is 5.36. The molecule has 0 aliphatic carbocycles. The Kier molecular flexibility index (Phi) is 6.91. The number of nitrogens with zero attached hydrogens (tertiary/aromatic N) is 2. The van der Waals surface area contributed by atoms with Crippen LogP contribution in [0.2, 0.25) is 5.02 Å². The van der Waals surface area contributed by atoms with Crippen LogP contribution in [0, 0.1) is 5.82 Å². The Morgan fingerprint density at radius 1 is 1.00 bits per heavy atom. The van der Waals surface area contributed by atoms with Crippen LogP contribution in [-0.4, -0.2) is 47.8 Å². The van der Waals surface area contributed by atoms with Crippen molar-refractivity contribution in [2.45, 2.75) is 32.6 Å². The molecule has 2 aromatic rings. The van der Waals surface area contributed by atoms with Gasteiger partial charge in [0.15, 0.2) is 0 Å². The summed E-state index contributed by atoms with van der Waals surface area (Å²) in [6.07, 6.45) is 1.17. The lowest BCUT2D eigenvalue weighted by atomic mass is 10.00. The predicted molar refractivity (Wildman–Crippen MR) is 113 cm³/mol. The number of hydrogen-bond acceptors (Lipinski definition) is 2. The Balaban J connectivity index is 1.49. The van der Waals surface area contributed by atoms with Crippen LogP contribution in [0.3, 0.4) is 0 Å². The first kappa shape index (κ1) is 21.3. The molecule has 3 rings (SSSR count). The smallest absolute Gasteiger partial charge is 0.255 e. The molecule has 1 heterocycles.